The van der Waals surface area contributed by atoms with E-state index in [-0.39, 0.29) is 0 Å². The van der Waals surface area contributed by atoms with Crippen LogP contribution in [0, 0.1) is 5.95 Å². The quantitative estimate of drug-likeness (QED) is 0.798. The first kappa shape index (κ1) is 10.5. The molecule has 0 aromatic carbocycles. The van der Waals surface area contributed by atoms with Crippen molar-refractivity contribution in [2.45, 2.75) is 6.42 Å². The average molecular weight is 217 g/mol. The molecule has 2 rings (SSSR count). The highest BCUT2D eigenvalue weighted by Gasteiger charge is 1.96. The molecule has 0 radical (unpaired) electrons. The third-order valence-corrected chi connectivity index (χ3v) is 2.16. The van der Waals surface area contributed by atoms with Crippen molar-refractivity contribution in [2.24, 2.45) is 0 Å². The van der Waals surface area contributed by atoms with E-state index in [0.29, 0.717) is 12.4 Å². The van der Waals surface area contributed by atoms with Crippen LogP contribution in [0.15, 0.2) is 42.7 Å². The monoisotopic (exact) mass is 217 g/mol. The van der Waals surface area contributed by atoms with Crippen LogP contribution in [0.2, 0.25) is 0 Å². The van der Waals surface area contributed by atoms with E-state index in [1.165, 1.54) is 6.07 Å². The summed E-state index contributed by atoms with van der Waals surface area (Å²) in [5.41, 5.74) is 1.14. The molecular weight excluding hydrogens is 205 g/mol. The minimum Gasteiger partial charge on any atom is -0.370 e. The molecule has 1 N–H and O–H groups in total. The first-order chi connectivity index (χ1) is 7.84. The number of rotatable bonds is 4. The normalized spacial score (nSPS) is 10.1. The SMILES string of the molecule is Fc1cccc(NCCc2cccnc2)n1. The second-order valence-electron chi connectivity index (χ2n) is 3.38. The Hall–Kier alpha value is -1.97. The van der Waals surface area contributed by atoms with Crippen LogP contribution in [0.4, 0.5) is 10.2 Å². The summed E-state index contributed by atoms with van der Waals surface area (Å²) in [7, 11) is 0. The van der Waals surface area contributed by atoms with Gasteiger partial charge in [0.2, 0.25) is 5.95 Å². The van der Waals surface area contributed by atoms with Crippen molar-refractivity contribution in [3.63, 3.8) is 0 Å². The largest absolute Gasteiger partial charge is 0.370 e. The Morgan fingerprint density at radius 1 is 1.19 bits per heavy atom. The number of nitrogens with one attached hydrogen (secondary N) is 1. The number of pyridine rings is 2. The van der Waals surface area contributed by atoms with Crippen molar-refractivity contribution >= 4 is 5.82 Å². The lowest BCUT2D eigenvalue weighted by Crippen LogP contribution is -2.06. The van der Waals surface area contributed by atoms with Gasteiger partial charge in [0.05, 0.1) is 0 Å². The topological polar surface area (TPSA) is 37.8 Å². The standard InChI is InChI=1S/C12H12FN3/c13-11-4-1-5-12(16-11)15-8-6-10-3-2-7-14-9-10/h1-5,7,9H,6,8H2,(H,15,16). The summed E-state index contributed by atoms with van der Waals surface area (Å²) in [6.45, 7) is 0.710. The van der Waals surface area contributed by atoms with Gasteiger partial charge in [-0.1, -0.05) is 12.1 Å². The van der Waals surface area contributed by atoms with E-state index >= 15 is 0 Å². The Balaban J connectivity index is 1.85. The van der Waals surface area contributed by atoms with Crippen molar-refractivity contribution in [1.82, 2.24) is 9.97 Å². The predicted octanol–water partition coefficient (Wildman–Crippen LogP) is 2.27. The highest BCUT2D eigenvalue weighted by atomic mass is 19.1. The van der Waals surface area contributed by atoms with Gasteiger partial charge in [-0.15, -0.1) is 0 Å². The zero-order valence-corrected chi connectivity index (χ0v) is 8.73. The van der Waals surface area contributed by atoms with Crippen LogP contribution in [0.1, 0.15) is 5.56 Å². The third-order valence-electron chi connectivity index (χ3n) is 2.16. The molecule has 0 saturated carbocycles. The number of halogens is 1. The van der Waals surface area contributed by atoms with E-state index in [0.717, 1.165) is 12.0 Å². The van der Waals surface area contributed by atoms with Gasteiger partial charge in [-0.2, -0.15) is 4.39 Å². The van der Waals surface area contributed by atoms with Crippen molar-refractivity contribution in [2.75, 3.05) is 11.9 Å². The Bertz CT molecular complexity index is 445. The van der Waals surface area contributed by atoms with Gasteiger partial charge in [-0.25, -0.2) is 4.98 Å². The summed E-state index contributed by atoms with van der Waals surface area (Å²) in [4.78, 5) is 7.73. The first-order valence-corrected chi connectivity index (χ1v) is 5.10. The molecule has 0 atom stereocenters. The van der Waals surface area contributed by atoms with Crippen LogP contribution in [0.3, 0.4) is 0 Å². The lowest BCUT2D eigenvalue weighted by Gasteiger charge is -2.04. The van der Waals surface area contributed by atoms with Gasteiger partial charge >= 0.3 is 0 Å². The molecule has 0 aliphatic carbocycles. The van der Waals surface area contributed by atoms with Crippen molar-refractivity contribution in [3.8, 4) is 0 Å². The second kappa shape index (κ2) is 5.21. The molecule has 3 nitrogen and oxygen atoms in total. The van der Waals surface area contributed by atoms with Gasteiger partial charge < -0.3 is 5.32 Å². The molecule has 16 heavy (non-hydrogen) atoms. The maximum Gasteiger partial charge on any atom is 0.214 e. The Labute approximate surface area is 93.4 Å². The highest BCUT2D eigenvalue weighted by molar-refractivity contribution is 5.33. The smallest absolute Gasteiger partial charge is 0.214 e. The van der Waals surface area contributed by atoms with Crippen molar-refractivity contribution in [3.05, 3.63) is 54.2 Å². The minimum atomic E-state index is -0.466. The lowest BCUT2D eigenvalue weighted by atomic mass is 10.2. The van der Waals surface area contributed by atoms with E-state index < -0.39 is 5.95 Å². The summed E-state index contributed by atoms with van der Waals surface area (Å²) in [6.07, 6.45) is 4.40. The van der Waals surface area contributed by atoms with Gasteiger partial charge in [0.15, 0.2) is 0 Å². The average Bonchev–Trinajstić information content (AvgIpc) is 2.30. The fourth-order valence-corrected chi connectivity index (χ4v) is 1.39. The number of hydrogen-bond donors (Lipinski definition) is 1. The molecule has 4 heteroatoms. The van der Waals surface area contributed by atoms with Gasteiger partial charge in [0.25, 0.3) is 0 Å². The number of anilines is 1. The fraction of sp³-hybridized carbons (Fsp3) is 0.167. The summed E-state index contributed by atoms with van der Waals surface area (Å²) in [5.74, 6) is 0.0928. The van der Waals surface area contributed by atoms with Gasteiger partial charge in [0.1, 0.15) is 5.82 Å². The summed E-state index contributed by atoms with van der Waals surface area (Å²) >= 11 is 0. The molecule has 2 aromatic heterocycles. The summed E-state index contributed by atoms with van der Waals surface area (Å²) in [6, 6.07) is 8.61. The van der Waals surface area contributed by atoms with E-state index in [9.17, 15) is 4.39 Å². The Morgan fingerprint density at radius 3 is 2.88 bits per heavy atom. The Morgan fingerprint density at radius 2 is 2.12 bits per heavy atom. The maximum atomic E-state index is 12.8. The highest BCUT2D eigenvalue weighted by Crippen LogP contribution is 2.04. The molecule has 2 heterocycles. The molecule has 0 aliphatic heterocycles. The van der Waals surface area contributed by atoms with Crippen LogP contribution >= 0.6 is 0 Å². The maximum absolute atomic E-state index is 12.8. The second-order valence-corrected chi connectivity index (χ2v) is 3.38. The van der Waals surface area contributed by atoms with Crippen LogP contribution in [-0.2, 0) is 6.42 Å². The van der Waals surface area contributed by atoms with Crippen molar-refractivity contribution < 1.29 is 4.39 Å². The molecule has 0 amide bonds. The number of nitrogens with zero attached hydrogens (tertiary/aromatic N) is 2. The molecule has 0 unspecified atom stereocenters. The third kappa shape index (κ3) is 3.02. The van der Waals surface area contributed by atoms with Gasteiger partial charge in [-0.05, 0) is 30.2 Å². The zero-order chi connectivity index (χ0) is 11.2. The van der Waals surface area contributed by atoms with E-state index in [4.69, 9.17) is 0 Å². The molecule has 0 fully saturated rings. The Kier molecular flexibility index (Phi) is 3.43. The minimum absolute atomic E-state index is 0.466. The van der Waals surface area contributed by atoms with Crippen molar-refractivity contribution in [1.29, 1.82) is 0 Å². The molecule has 0 saturated heterocycles. The molecule has 2 aromatic rings. The molecule has 0 spiro atoms. The lowest BCUT2D eigenvalue weighted by molar-refractivity contribution is 0.585. The van der Waals surface area contributed by atoms with Crippen LogP contribution in [0.5, 0.6) is 0 Å². The number of hydrogen-bond acceptors (Lipinski definition) is 3. The van der Waals surface area contributed by atoms with Crippen LogP contribution in [0.25, 0.3) is 0 Å². The van der Waals surface area contributed by atoms with E-state index in [2.05, 4.69) is 15.3 Å². The zero-order valence-electron chi connectivity index (χ0n) is 8.73. The molecule has 82 valence electrons. The van der Waals surface area contributed by atoms with Gasteiger partial charge in [-0.3, -0.25) is 4.98 Å². The van der Waals surface area contributed by atoms with Crippen LogP contribution < -0.4 is 5.32 Å². The van der Waals surface area contributed by atoms with E-state index in [1.54, 1.807) is 18.3 Å². The first-order valence-electron chi connectivity index (χ1n) is 5.10. The molecule has 0 aliphatic rings. The predicted molar refractivity (Wildman–Crippen MR) is 60.6 cm³/mol. The van der Waals surface area contributed by atoms with Crippen LogP contribution in [-0.4, -0.2) is 16.5 Å². The fourth-order valence-electron chi connectivity index (χ4n) is 1.39. The molecular formula is C12H12FN3. The summed E-state index contributed by atoms with van der Waals surface area (Å²) < 4.78 is 12.8. The van der Waals surface area contributed by atoms with E-state index in [1.807, 2.05) is 18.3 Å². The van der Waals surface area contributed by atoms with Gasteiger partial charge in [0, 0.05) is 18.9 Å². The molecule has 0 bridgehead atoms. The number of aromatic nitrogens is 2. The summed E-state index contributed by atoms with van der Waals surface area (Å²) in [5, 5.41) is 3.06.